The largest absolute Gasteiger partial charge is 0.271 e. The molecule has 0 amide bonds. The van der Waals surface area contributed by atoms with Crippen LogP contribution in [-0.2, 0) is 0 Å². The lowest BCUT2D eigenvalue weighted by Gasteiger charge is -2.18. The van der Waals surface area contributed by atoms with Crippen LogP contribution in [0.15, 0.2) is 30.3 Å². The molecule has 6 heteroatoms. The van der Waals surface area contributed by atoms with E-state index in [0.29, 0.717) is 10.6 Å². The fourth-order valence-electron chi connectivity index (χ4n) is 1.92. The average molecular weight is 301 g/mol. The Morgan fingerprint density at radius 3 is 2.40 bits per heavy atom. The van der Waals surface area contributed by atoms with E-state index in [9.17, 15) is 13.2 Å². The highest BCUT2D eigenvalue weighted by molar-refractivity contribution is 6.31. The highest BCUT2D eigenvalue weighted by Gasteiger charge is 2.21. The molecule has 0 aliphatic carbocycles. The first-order valence-corrected chi connectivity index (χ1v) is 6.19. The van der Waals surface area contributed by atoms with Gasteiger partial charge in [0.05, 0.1) is 6.04 Å². The molecule has 0 spiro atoms. The summed E-state index contributed by atoms with van der Waals surface area (Å²) in [7, 11) is 0. The van der Waals surface area contributed by atoms with Crippen molar-refractivity contribution >= 4 is 11.6 Å². The molecular formula is C14H12ClF3N2. The number of halogens is 4. The minimum Gasteiger partial charge on any atom is -0.271 e. The molecule has 0 saturated heterocycles. The molecule has 1 unspecified atom stereocenters. The predicted octanol–water partition coefficient (Wildman–Crippen LogP) is 3.62. The van der Waals surface area contributed by atoms with E-state index in [2.05, 4.69) is 5.43 Å². The normalized spacial score (nSPS) is 12.5. The Balaban J connectivity index is 2.52. The lowest BCUT2D eigenvalue weighted by Crippen LogP contribution is -2.30. The van der Waals surface area contributed by atoms with Gasteiger partial charge in [0.25, 0.3) is 0 Å². The SMILES string of the molecule is Cc1ccc(C(NN)c2ccc(F)c(F)c2F)cc1Cl. The molecule has 0 saturated carbocycles. The van der Waals surface area contributed by atoms with Crippen LogP contribution in [0.25, 0.3) is 0 Å². The molecule has 1 atom stereocenters. The van der Waals surface area contributed by atoms with Gasteiger partial charge in [-0.2, -0.15) is 0 Å². The van der Waals surface area contributed by atoms with Gasteiger partial charge < -0.3 is 0 Å². The van der Waals surface area contributed by atoms with Crippen molar-refractivity contribution in [2.45, 2.75) is 13.0 Å². The van der Waals surface area contributed by atoms with Gasteiger partial charge in [-0.15, -0.1) is 0 Å². The number of hydrogen-bond acceptors (Lipinski definition) is 2. The van der Waals surface area contributed by atoms with E-state index in [1.54, 1.807) is 18.2 Å². The zero-order valence-electron chi connectivity index (χ0n) is 10.6. The highest BCUT2D eigenvalue weighted by atomic mass is 35.5. The summed E-state index contributed by atoms with van der Waals surface area (Å²) in [6, 6.07) is 6.19. The maximum absolute atomic E-state index is 13.8. The van der Waals surface area contributed by atoms with Crippen LogP contribution in [0.2, 0.25) is 5.02 Å². The number of nitrogens with one attached hydrogen (secondary N) is 1. The fourth-order valence-corrected chi connectivity index (χ4v) is 2.11. The number of aryl methyl sites for hydroxylation is 1. The van der Waals surface area contributed by atoms with Crippen LogP contribution >= 0.6 is 11.6 Å². The summed E-state index contributed by atoms with van der Waals surface area (Å²) in [6.07, 6.45) is 0. The van der Waals surface area contributed by atoms with Crippen molar-refractivity contribution in [3.63, 3.8) is 0 Å². The Morgan fingerprint density at radius 1 is 1.10 bits per heavy atom. The summed E-state index contributed by atoms with van der Waals surface area (Å²) >= 11 is 6.00. The number of nitrogens with two attached hydrogens (primary N) is 1. The quantitative estimate of drug-likeness (QED) is 0.516. The van der Waals surface area contributed by atoms with Crippen LogP contribution in [0.5, 0.6) is 0 Å². The molecular weight excluding hydrogens is 289 g/mol. The van der Waals surface area contributed by atoms with Crippen molar-refractivity contribution in [1.29, 1.82) is 0 Å². The number of rotatable bonds is 3. The third-order valence-electron chi connectivity index (χ3n) is 3.07. The third-order valence-corrected chi connectivity index (χ3v) is 3.48. The molecule has 20 heavy (non-hydrogen) atoms. The molecule has 0 bridgehead atoms. The number of hydrazine groups is 1. The van der Waals surface area contributed by atoms with E-state index < -0.39 is 23.5 Å². The molecule has 0 aliphatic heterocycles. The number of benzene rings is 2. The summed E-state index contributed by atoms with van der Waals surface area (Å²) in [6.45, 7) is 1.81. The topological polar surface area (TPSA) is 38.0 Å². The second kappa shape index (κ2) is 5.83. The van der Waals surface area contributed by atoms with E-state index >= 15 is 0 Å². The Kier molecular flexibility index (Phi) is 4.32. The second-order valence-electron chi connectivity index (χ2n) is 4.37. The zero-order chi connectivity index (χ0) is 14.9. The van der Waals surface area contributed by atoms with Gasteiger partial charge in [0, 0.05) is 10.6 Å². The van der Waals surface area contributed by atoms with Crippen LogP contribution < -0.4 is 11.3 Å². The summed E-state index contributed by atoms with van der Waals surface area (Å²) in [5.41, 5.74) is 3.68. The van der Waals surface area contributed by atoms with Crippen LogP contribution in [0, 0.1) is 24.4 Å². The molecule has 2 rings (SSSR count). The van der Waals surface area contributed by atoms with Gasteiger partial charge >= 0.3 is 0 Å². The van der Waals surface area contributed by atoms with Gasteiger partial charge in [0.2, 0.25) is 0 Å². The molecule has 0 radical (unpaired) electrons. The molecule has 0 aromatic heterocycles. The fraction of sp³-hybridized carbons (Fsp3) is 0.143. The Bertz CT molecular complexity index is 647. The Morgan fingerprint density at radius 2 is 1.80 bits per heavy atom. The molecule has 0 aliphatic rings. The Hall–Kier alpha value is -1.56. The van der Waals surface area contributed by atoms with Gasteiger partial charge in [0.15, 0.2) is 17.5 Å². The summed E-state index contributed by atoms with van der Waals surface area (Å²) in [5.74, 6) is 1.36. The summed E-state index contributed by atoms with van der Waals surface area (Å²) in [5, 5.41) is 0.478. The molecule has 0 heterocycles. The van der Waals surface area contributed by atoms with Gasteiger partial charge in [-0.1, -0.05) is 29.8 Å². The summed E-state index contributed by atoms with van der Waals surface area (Å²) in [4.78, 5) is 0. The van der Waals surface area contributed by atoms with Crippen molar-refractivity contribution in [2.24, 2.45) is 5.84 Å². The van der Waals surface area contributed by atoms with Crippen LogP contribution in [0.3, 0.4) is 0 Å². The van der Waals surface area contributed by atoms with E-state index in [1.165, 1.54) is 0 Å². The first-order chi connectivity index (χ1) is 9.45. The van der Waals surface area contributed by atoms with Gasteiger partial charge in [0.1, 0.15) is 0 Å². The molecule has 3 N–H and O–H groups in total. The van der Waals surface area contributed by atoms with Crippen molar-refractivity contribution in [1.82, 2.24) is 5.43 Å². The van der Waals surface area contributed by atoms with E-state index in [1.807, 2.05) is 6.92 Å². The van der Waals surface area contributed by atoms with Gasteiger partial charge in [-0.05, 0) is 30.2 Å². The third kappa shape index (κ3) is 2.65. The standard InChI is InChI=1S/C14H12ClF3N2/c1-7-2-3-8(6-10(7)15)14(20-19)9-4-5-11(16)13(18)12(9)17/h2-6,14,20H,19H2,1H3. The van der Waals surface area contributed by atoms with Crippen molar-refractivity contribution in [3.05, 3.63) is 69.5 Å². The first kappa shape index (κ1) is 14.8. The van der Waals surface area contributed by atoms with Crippen molar-refractivity contribution in [3.8, 4) is 0 Å². The van der Waals surface area contributed by atoms with E-state index in [-0.39, 0.29) is 5.56 Å². The lowest BCUT2D eigenvalue weighted by molar-refractivity contribution is 0.433. The maximum Gasteiger partial charge on any atom is 0.194 e. The van der Waals surface area contributed by atoms with Gasteiger partial charge in [-0.3, -0.25) is 5.84 Å². The molecule has 2 aromatic carbocycles. The first-order valence-electron chi connectivity index (χ1n) is 5.81. The van der Waals surface area contributed by atoms with Crippen molar-refractivity contribution < 1.29 is 13.2 Å². The molecule has 0 fully saturated rings. The lowest BCUT2D eigenvalue weighted by atomic mass is 9.97. The summed E-state index contributed by atoms with van der Waals surface area (Å²) < 4.78 is 40.1. The smallest absolute Gasteiger partial charge is 0.194 e. The number of hydrogen-bond donors (Lipinski definition) is 2. The maximum atomic E-state index is 13.8. The monoisotopic (exact) mass is 300 g/mol. The van der Waals surface area contributed by atoms with Crippen molar-refractivity contribution in [2.75, 3.05) is 0 Å². The second-order valence-corrected chi connectivity index (χ2v) is 4.78. The van der Waals surface area contributed by atoms with Crippen LogP contribution in [0.4, 0.5) is 13.2 Å². The molecule has 2 nitrogen and oxygen atoms in total. The van der Waals surface area contributed by atoms with E-state index in [4.69, 9.17) is 17.4 Å². The average Bonchev–Trinajstić information content (AvgIpc) is 2.43. The molecule has 2 aromatic rings. The van der Waals surface area contributed by atoms with Crippen LogP contribution in [-0.4, -0.2) is 0 Å². The highest BCUT2D eigenvalue weighted by Crippen LogP contribution is 2.28. The van der Waals surface area contributed by atoms with Gasteiger partial charge in [-0.25, -0.2) is 18.6 Å². The minimum atomic E-state index is -1.53. The molecule has 106 valence electrons. The van der Waals surface area contributed by atoms with E-state index in [0.717, 1.165) is 17.7 Å². The minimum absolute atomic E-state index is 0.0914. The Labute approximate surface area is 119 Å². The van der Waals surface area contributed by atoms with Crippen LogP contribution in [0.1, 0.15) is 22.7 Å². The predicted molar refractivity (Wildman–Crippen MR) is 71.7 cm³/mol. The zero-order valence-corrected chi connectivity index (χ0v) is 11.3.